The Balaban J connectivity index is 0.00000480. The van der Waals surface area contributed by atoms with Gasteiger partial charge in [0.2, 0.25) is 5.91 Å². The molecule has 4 bridgehead atoms. The summed E-state index contributed by atoms with van der Waals surface area (Å²) < 4.78 is 20.5. The van der Waals surface area contributed by atoms with Gasteiger partial charge in [-0.05, 0) is 93.1 Å². The number of nitrogens with one attached hydrogen (secondary N) is 3. The van der Waals surface area contributed by atoms with E-state index in [1.807, 2.05) is 0 Å². The van der Waals surface area contributed by atoms with Crippen molar-refractivity contribution in [3.8, 4) is 16.9 Å². The lowest BCUT2D eigenvalue weighted by molar-refractivity contribution is -0.121. The summed E-state index contributed by atoms with van der Waals surface area (Å²) in [4.78, 5) is 53.9. The summed E-state index contributed by atoms with van der Waals surface area (Å²) in [6, 6.07) is 10.5. The largest absolute Gasteiger partial charge is 0.507 e. The average Bonchev–Trinajstić information content (AvgIpc) is 3.02. The van der Waals surface area contributed by atoms with Gasteiger partial charge in [0.05, 0.1) is 0 Å². The number of phenolic OH excluding ortho intramolecular Hbond substituents is 1. The number of hydrogen-bond donors (Lipinski definition) is 4. The van der Waals surface area contributed by atoms with Gasteiger partial charge in [-0.15, -0.1) is 12.4 Å². The van der Waals surface area contributed by atoms with Gasteiger partial charge >= 0.3 is 5.63 Å². The van der Waals surface area contributed by atoms with Crippen molar-refractivity contribution in [2.24, 2.45) is 0 Å². The van der Waals surface area contributed by atoms with E-state index in [0.717, 1.165) is 24.9 Å². The molecule has 1 aromatic heterocycles. The molecule has 0 spiro atoms. The summed E-state index contributed by atoms with van der Waals surface area (Å²) in [7, 11) is 0. The third kappa shape index (κ3) is 8.32. The topological polar surface area (TPSA) is 141 Å². The van der Waals surface area contributed by atoms with Gasteiger partial charge in [-0.2, -0.15) is 0 Å². The van der Waals surface area contributed by atoms with Crippen molar-refractivity contribution in [3.63, 3.8) is 0 Å². The van der Waals surface area contributed by atoms with Crippen LogP contribution >= 0.6 is 12.4 Å². The molecule has 0 saturated carbocycles. The number of rotatable bonds is 2. The lowest BCUT2D eigenvalue weighted by atomic mass is 9.95. The standard InChI is InChI=1S/C34H39FN4O6.ClH/c1-21-17-29(24-5-2-12-36-20-24)45-34(44)31(21)33(43)39-15-3-6-30(41)37-14-11-22-7-10-28(40)26(18-22)25-19-23(8-9-27(25)35)32(42)38-13-4-16-39;/h7-10,17-19,24,36,40H,2-6,11-16,20H2,1H3,(H,37,41)(H,38,42);1H. The molecule has 3 amide bonds. The monoisotopic (exact) mass is 654 g/mol. The Kier molecular flexibility index (Phi) is 11.9. The van der Waals surface area contributed by atoms with E-state index in [0.29, 0.717) is 43.7 Å². The number of carbonyl (C=O) groups excluding carboxylic acids is 3. The van der Waals surface area contributed by atoms with Crippen LogP contribution in [0.5, 0.6) is 5.75 Å². The van der Waals surface area contributed by atoms with Crippen molar-refractivity contribution in [2.75, 3.05) is 39.3 Å². The first-order valence-electron chi connectivity index (χ1n) is 15.5. The molecule has 3 aromatic rings. The maximum Gasteiger partial charge on any atom is 0.349 e. The minimum atomic E-state index is -0.677. The fraction of sp³-hybridized carbons (Fsp3) is 0.412. The summed E-state index contributed by atoms with van der Waals surface area (Å²) >= 11 is 0. The van der Waals surface area contributed by atoms with E-state index >= 15 is 0 Å². The molecular formula is C34H40ClFN4O6. The number of amides is 3. The zero-order chi connectivity index (χ0) is 31.9. The number of phenols is 1. The molecule has 12 heteroatoms. The maximum atomic E-state index is 14.9. The number of aromatic hydroxyl groups is 1. The summed E-state index contributed by atoms with van der Waals surface area (Å²) in [5.41, 5.74) is 1.16. The Labute approximate surface area is 273 Å². The Morgan fingerprint density at radius 2 is 1.74 bits per heavy atom. The van der Waals surface area contributed by atoms with E-state index in [1.54, 1.807) is 25.1 Å². The van der Waals surface area contributed by atoms with Gasteiger partial charge in [-0.25, -0.2) is 9.18 Å². The van der Waals surface area contributed by atoms with E-state index in [4.69, 9.17) is 4.42 Å². The second kappa shape index (κ2) is 15.9. The van der Waals surface area contributed by atoms with Crippen molar-refractivity contribution < 1.29 is 28.3 Å². The zero-order valence-electron chi connectivity index (χ0n) is 25.8. The fourth-order valence-corrected chi connectivity index (χ4v) is 5.93. The first-order valence-corrected chi connectivity index (χ1v) is 15.5. The van der Waals surface area contributed by atoms with Crippen molar-refractivity contribution in [1.82, 2.24) is 20.9 Å². The molecule has 0 radical (unpaired) electrons. The summed E-state index contributed by atoms with van der Waals surface area (Å²) in [5, 5.41) is 19.5. The molecule has 46 heavy (non-hydrogen) atoms. The van der Waals surface area contributed by atoms with Crippen LogP contribution in [-0.4, -0.2) is 67.0 Å². The molecule has 1 fully saturated rings. The molecular weight excluding hydrogens is 615 g/mol. The first-order chi connectivity index (χ1) is 21.7. The summed E-state index contributed by atoms with van der Waals surface area (Å²) in [5.74, 6) is -1.16. The highest BCUT2D eigenvalue weighted by molar-refractivity contribution is 5.96. The SMILES string of the molecule is Cc1cc(C2CCCNC2)oc(=O)c1C(=O)N1CCCNC(=O)c2ccc(F)c(c2)-c2cc(ccc2O)CCNC(=O)CCC1.Cl. The molecule has 2 aromatic carbocycles. The number of benzene rings is 2. The van der Waals surface area contributed by atoms with Crippen molar-refractivity contribution in [3.05, 3.63) is 86.7 Å². The third-order valence-corrected chi connectivity index (χ3v) is 8.41. The Morgan fingerprint density at radius 1 is 0.935 bits per heavy atom. The molecule has 246 valence electrons. The number of fused-ring (bicyclic) bond motifs is 5. The number of halogens is 2. The van der Waals surface area contributed by atoms with E-state index in [9.17, 15) is 28.7 Å². The van der Waals surface area contributed by atoms with Gasteiger partial charge < -0.3 is 30.4 Å². The Morgan fingerprint density at radius 3 is 2.50 bits per heavy atom. The van der Waals surface area contributed by atoms with E-state index in [2.05, 4.69) is 16.0 Å². The Hall–Kier alpha value is -4.22. The van der Waals surface area contributed by atoms with Gasteiger partial charge in [0.25, 0.3) is 11.8 Å². The van der Waals surface area contributed by atoms with E-state index < -0.39 is 23.3 Å². The van der Waals surface area contributed by atoms with Crippen LogP contribution in [0.2, 0.25) is 0 Å². The van der Waals surface area contributed by atoms with E-state index in [-0.39, 0.29) is 78.3 Å². The third-order valence-electron chi connectivity index (χ3n) is 8.41. The molecule has 10 nitrogen and oxygen atoms in total. The molecule has 0 aliphatic carbocycles. The number of piperidine rings is 1. The van der Waals surface area contributed by atoms with Crippen LogP contribution < -0.4 is 21.6 Å². The second-order valence-electron chi connectivity index (χ2n) is 11.7. The van der Waals surface area contributed by atoms with Gasteiger partial charge in [-0.1, -0.05) is 6.07 Å². The minimum Gasteiger partial charge on any atom is -0.507 e. The highest BCUT2D eigenvalue weighted by Crippen LogP contribution is 2.33. The van der Waals surface area contributed by atoms with Gasteiger partial charge in [0.1, 0.15) is 22.9 Å². The van der Waals surface area contributed by atoms with Crippen LogP contribution in [0.4, 0.5) is 4.39 Å². The lowest BCUT2D eigenvalue weighted by Gasteiger charge is -2.24. The normalized spacial score (nSPS) is 18.2. The second-order valence-corrected chi connectivity index (χ2v) is 11.7. The molecule has 1 atom stereocenters. The Bertz CT molecular complexity index is 1640. The molecule has 2 aliphatic heterocycles. The molecule has 3 heterocycles. The van der Waals surface area contributed by atoms with Crippen LogP contribution in [0, 0.1) is 12.7 Å². The molecule has 4 N–H and O–H groups in total. The van der Waals surface area contributed by atoms with Gasteiger partial charge in [0.15, 0.2) is 0 Å². The number of carbonyl (C=O) groups is 3. The predicted molar refractivity (Wildman–Crippen MR) is 174 cm³/mol. The highest BCUT2D eigenvalue weighted by Gasteiger charge is 2.26. The number of aryl methyl sites for hydroxylation is 1. The van der Waals surface area contributed by atoms with Crippen LogP contribution in [0.25, 0.3) is 11.1 Å². The molecule has 2 aliphatic rings. The predicted octanol–water partition coefficient (Wildman–Crippen LogP) is 4.06. The lowest BCUT2D eigenvalue weighted by Crippen LogP contribution is -2.38. The van der Waals surface area contributed by atoms with Crippen molar-refractivity contribution >= 4 is 30.1 Å². The fourth-order valence-electron chi connectivity index (χ4n) is 5.93. The zero-order valence-corrected chi connectivity index (χ0v) is 26.6. The van der Waals surface area contributed by atoms with Crippen LogP contribution in [0.1, 0.15) is 75.6 Å². The average molecular weight is 655 g/mol. The van der Waals surface area contributed by atoms with Gasteiger partial charge in [-0.3, -0.25) is 14.4 Å². The van der Waals surface area contributed by atoms with E-state index in [1.165, 1.54) is 29.2 Å². The van der Waals surface area contributed by atoms with Crippen molar-refractivity contribution in [2.45, 2.75) is 51.4 Å². The van der Waals surface area contributed by atoms with Crippen molar-refractivity contribution in [1.29, 1.82) is 0 Å². The smallest absolute Gasteiger partial charge is 0.349 e. The molecule has 1 saturated heterocycles. The number of hydrogen-bond acceptors (Lipinski definition) is 7. The van der Waals surface area contributed by atoms with Crippen LogP contribution in [0.15, 0.2) is 51.7 Å². The quantitative estimate of drug-likeness (QED) is 0.327. The van der Waals surface area contributed by atoms with Gasteiger partial charge in [0, 0.05) is 61.8 Å². The maximum absolute atomic E-state index is 14.9. The highest BCUT2D eigenvalue weighted by atomic mass is 35.5. The summed E-state index contributed by atoms with van der Waals surface area (Å²) in [6.07, 6.45) is 3.22. The summed E-state index contributed by atoms with van der Waals surface area (Å²) in [6.45, 7) is 4.35. The molecule has 5 rings (SSSR count). The molecule has 1 unspecified atom stereocenters. The van der Waals surface area contributed by atoms with Crippen LogP contribution in [-0.2, 0) is 11.2 Å². The number of nitrogens with zero attached hydrogens (tertiary/aromatic N) is 1. The van der Waals surface area contributed by atoms with Crippen LogP contribution in [0.3, 0.4) is 0 Å². The minimum absolute atomic E-state index is 0. The first kappa shape index (κ1) is 34.6.